The second kappa shape index (κ2) is 8.87. The highest BCUT2D eigenvalue weighted by molar-refractivity contribution is 5.81. The first-order chi connectivity index (χ1) is 13.4. The lowest BCUT2D eigenvalue weighted by molar-refractivity contribution is -0.138. The summed E-state index contributed by atoms with van der Waals surface area (Å²) >= 11 is 0. The van der Waals surface area contributed by atoms with E-state index in [0.29, 0.717) is 43.1 Å². The highest BCUT2D eigenvalue weighted by Gasteiger charge is 2.26. The van der Waals surface area contributed by atoms with Crippen LogP contribution in [0.1, 0.15) is 31.4 Å². The monoisotopic (exact) mass is 385 g/mol. The Bertz CT molecular complexity index is 850. The van der Waals surface area contributed by atoms with Gasteiger partial charge in [0.15, 0.2) is 6.10 Å². The van der Waals surface area contributed by atoms with E-state index in [1.807, 2.05) is 12.1 Å². The van der Waals surface area contributed by atoms with E-state index in [0.717, 1.165) is 5.56 Å². The van der Waals surface area contributed by atoms with Crippen molar-refractivity contribution < 1.29 is 23.5 Å². The maximum absolute atomic E-state index is 14.1. The fourth-order valence-corrected chi connectivity index (χ4v) is 3.12. The minimum absolute atomic E-state index is 0.151. The van der Waals surface area contributed by atoms with Crippen LogP contribution >= 0.6 is 0 Å². The average Bonchev–Trinajstić information content (AvgIpc) is 2.90. The van der Waals surface area contributed by atoms with Crippen LogP contribution in [0.2, 0.25) is 0 Å². The molecule has 3 rings (SSSR count). The Morgan fingerprint density at radius 3 is 2.68 bits per heavy atom. The molecule has 148 valence electrons. The van der Waals surface area contributed by atoms with Gasteiger partial charge in [-0.15, -0.1) is 0 Å². The van der Waals surface area contributed by atoms with Crippen molar-refractivity contribution >= 4 is 11.7 Å². The third kappa shape index (κ3) is 4.88. The van der Waals surface area contributed by atoms with E-state index in [-0.39, 0.29) is 24.1 Å². The summed E-state index contributed by atoms with van der Waals surface area (Å²) < 4.78 is 25.5. The van der Waals surface area contributed by atoms with Crippen LogP contribution in [0.5, 0.6) is 11.5 Å². The number of fused-ring (bicyclic) bond motifs is 1. The highest BCUT2D eigenvalue weighted by Crippen LogP contribution is 2.26. The number of nitrogens with zero attached hydrogens (tertiary/aromatic N) is 1. The van der Waals surface area contributed by atoms with Crippen LogP contribution in [0, 0.1) is 5.82 Å². The van der Waals surface area contributed by atoms with Gasteiger partial charge in [-0.25, -0.2) is 4.39 Å². The van der Waals surface area contributed by atoms with E-state index in [2.05, 4.69) is 0 Å². The third-order valence-electron chi connectivity index (χ3n) is 4.71. The summed E-state index contributed by atoms with van der Waals surface area (Å²) in [5.74, 6) is 0.598. The van der Waals surface area contributed by atoms with Crippen LogP contribution in [-0.2, 0) is 22.6 Å². The molecule has 0 fully saturated rings. The number of hydrogen-bond donors (Lipinski definition) is 0. The van der Waals surface area contributed by atoms with Crippen LogP contribution in [0.15, 0.2) is 42.5 Å². The summed E-state index contributed by atoms with van der Waals surface area (Å²) in [6.07, 6.45) is 0.476. The maximum Gasteiger partial charge on any atom is 0.263 e. The first-order valence-electron chi connectivity index (χ1n) is 9.38. The average molecular weight is 385 g/mol. The lowest BCUT2D eigenvalue weighted by Gasteiger charge is -2.24. The quantitative estimate of drug-likeness (QED) is 0.763. The SMILES string of the molecule is CC(=O)CCc1ccc(OC(C)C(=O)N2CCOc3cccc(F)c3C2)cc1. The molecule has 2 aromatic rings. The van der Waals surface area contributed by atoms with E-state index < -0.39 is 6.10 Å². The van der Waals surface area contributed by atoms with Crippen molar-refractivity contribution in [2.75, 3.05) is 13.2 Å². The minimum atomic E-state index is -0.712. The molecule has 6 heteroatoms. The van der Waals surface area contributed by atoms with Crippen LogP contribution < -0.4 is 9.47 Å². The molecule has 0 spiro atoms. The maximum atomic E-state index is 14.1. The molecule has 0 saturated heterocycles. The second-order valence-corrected chi connectivity index (χ2v) is 6.93. The van der Waals surface area contributed by atoms with Crippen LogP contribution in [0.4, 0.5) is 4.39 Å². The molecule has 0 N–H and O–H groups in total. The van der Waals surface area contributed by atoms with Crippen molar-refractivity contribution in [2.45, 2.75) is 39.3 Å². The summed E-state index contributed by atoms with van der Waals surface area (Å²) in [6, 6.07) is 12.0. The molecule has 1 unspecified atom stereocenters. The highest BCUT2D eigenvalue weighted by atomic mass is 19.1. The van der Waals surface area contributed by atoms with Crippen molar-refractivity contribution in [1.82, 2.24) is 4.90 Å². The zero-order valence-electron chi connectivity index (χ0n) is 16.1. The number of ether oxygens (including phenoxy) is 2. The van der Waals surface area contributed by atoms with Gasteiger partial charge in [-0.1, -0.05) is 18.2 Å². The standard InChI is InChI=1S/C22H24FNO4/c1-15(25)6-7-17-8-10-18(11-9-17)28-16(2)22(26)24-12-13-27-21-5-3-4-20(23)19(21)14-24/h3-5,8-11,16H,6-7,12-14H2,1-2H3. The number of benzene rings is 2. The number of carbonyl (C=O) groups is 2. The summed E-state index contributed by atoms with van der Waals surface area (Å²) in [6.45, 7) is 4.08. The largest absolute Gasteiger partial charge is 0.491 e. The van der Waals surface area contributed by atoms with Gasteiger partial charge in [-0.3, -0.25) is 4.79 Å². The summed E-state index contributed by atoms with van der Waals surface area (Å²) in [7, 11) is 0. The molecule has 0 aromatic heterocycles. The number of carbonyl (C=O) groups excluding carboxylic acids is 2. The number of Topliss-reactive ketones (excluding diaryl/α,β-unsaturated/α-hetero) is 1. The Morgan fingerprint density at radius 2 is 1.96 bits per heavy atom. The second-order valence-electron chi connectivity index (χ2n) is 6.93. The van der Waals surface area contributed by atoms with Gasteiger partial charge in [-0.2, -0.15) is 0 Å². The predicted octanol–water partition coefficient (Wildman–Crippen LogP) is 3.54. The van der Waals surface area contributed by atoms with Gasteiger partial charge in [0.2, 0.25) is 0 Å². The number of hydrogen-bond acceptors (Lipinski definition) is 4. The van der Waals surface area contributed by atoms with Gasteiger partial charge in [0, 0.05) is 12.0 Å². The first-order valence-corrected chi connectivity index (χ1v) is 9.38. The number of aryl methyl sites for hydroxylation is 1. The predicted molar refractivity (Wildman–Crippen MR) is 103 cm³/mol. The minimum Gasteiger partial charge on any atom is -0.491 e. The van der Waals surface area contributed by atoms with Gasteiger partial charge in [0.25, 0.3) is 5.91 Å². The molecule has 0 saturated carbocycles. The van der Waals surface area contributed by atoms with Gasteiger partial charge >= 0.3 is 0 Å². The fourth-order valence-electron chi connectivity index (χ4n) is 3.12. The molecule has 1 heterocycles. The Balaban J connectivity index is 1.62. The van der Waals surface area contributed by atoms with E-state index >= 15 is 0 Å². The number of amides is 1. The van der Waals surface area contributed by atoms with Crippen molar-refractivity contribution in [3.05, 3.63) is 59.4 Å². The van der Waals surface area contributed by atoms with Gasteiger partial charge in [0.05, 0.1) is 13.1 Å². The number of ketones is 1. The van der Waals surface area contributed by atoms with Crippen molar-refractivity contribution in [3.63, 3.8) is 0 Å². The molecule has 1 aliphatic rings. The van der Waals surface area contributed by atoms with E-state index in [9.17, 15) is 14.0 Å². The van der Waals surface area contributed by atoms with Crippen molar-refractivity contribution in [3.8, 4) is 11.5 Å². The van der Waals surface area contributed by atoms with Crippen molar-refractivity contribution in [1.29, 1.82) is 0 Å². The number of halogens is 1. The Morgan fingerprint density at radius 1 is 1.21 bits per heavy atom. The molecule has 0 aliphatic carbocycles. The van der Waals surface area contributed by atoms with E-state index in [4.69, 9.17) is 9.47 Å². The lowest BCUT2D eigenvalue weighted by atomic mass is 10.1. The van der Waals surface area contributed by atoms with Gasteiger partial charge < -0.3 is 19.2 Å². The molecule has 2 aromatic carbocycles. The summed E-state index contributed by atoms with van der Waals surface area (Å²) in [5.41, 5.74) is 1.42. The first kappa shape index (κ1) is 19.9. The van der Waals surface area contributed by atoms with Crippen LogP contribution in [0.3, 0.4) is 0 Å². The van der Waals surface area contributed by atoms with Crippen molar-refractivity contribution in [2.24, 2.45) is 0 Å². The van der Waals surface area contributed by atoms with E-state index in [1.54, 1.807) is 43.0 Å². The van der Waals surface area contributed by atoms with Crippen LogP contribution in [-0.4, -0.2) is 35.8 Å². The van der Waals surface area contributed by atoms with E-state index in [1.165, 1.54) is 6.07 Å². The summed E-state index contributed by atoms with van der Waals surface area (Å²) in [4.78, 5) is 25.4. The Hall–Kier alpha value is -2.89. The molecule has 1 amide bonds. The van der Waals surface area contributed by atoms with Gasteiger partial charge in [-0.05, 0) is 50.1 Å². The zero-order chi connectivity index (χ0) is 20.1. The van der Waals surface area contributed by atoms with Gasteiger partial charge in [0.1, 0.15) is 29.7 Å². The topological polar surface area (TPSA) is 55.8 Å². The molecule has 1 aliphatic heterocycles. The Kier molecular flexibility index (Phi) is 6.29. The molecular formula is C22H24FNO4. The summed E-state index contributed by atoms with van der Waals surface area (Å²) in [5, 5.41) is 0. The molecule has 0 bridgehead atoms. The molecule has 1 atom stereocenters. The molecule has 5 nitrogen and oxygen atoms in total. The normalized spacial score (nSPS) is 14.5. The lowest BCUT2D eigenvalue weighted by Crippen LogP contribution is -2.41. The molecular weight excluding hydrogens is 361 g/mol. The Labute approximate surface area is 164 Å². The number of rotatable bonds is 6. The fraction of sp³-hybridized carbons (Fsp3) is 0.364. The zero-order valence-corrected chi connectivity index (χ0v) is 16.1. The molecule has 28 heavy (non-hydrogen) atoms. The molecule has 0 radical (unpaired) electrons. The third-order valence-corrected chi connectivity index (χ3v) is 4.71. The smallest absolute Gasteiger partial charge is 0.263 e. The van der Waals surface area contributed by atoms with Crippen LogP contribution in [0.25, 0.3) is 0 Å².